The molecule has 3 aromatic carbocycles. The molecule has 1 amide bonds. The smallest absolute Gasteiger partial charge is 0.264 e. The van der Waals surface area contributed by atoms with Gasteiger partial charge in [-0.3, -0.25) is 9.10 Å². The van der Waals surface area contributed by atoms with E-state index in [9.17, 15) is 18.3 Å². The average Bonchev–Trinajstić information content (AvgIpc) is 3.31. The molecule has 33 heavy (non-hydrogen) atoms. The highest BCUT2D eigenvalue weighted by Gasteiger charge is 2.31. The molecule has 1 heterocycles. The predicted molar refractivity (Wildman–Crippen MR) is 127 cm³/mol. The van der Waals surface area contributed by atoms with E-state index >= 15 is 0 Å². The van der Waals surface area contributed by atoms with Gasteiger partial charge in [-0.1, -0.05) is 36.4 Å². The second-order valence-electron chi connectivity index (χ2n) is 7.71. The number of phenols is 1. The Hall–Kier alpha value is -3.40. The van der Waals surface area contributed by atoms with Gasteiger partial charge < -0.3 is 10.4 Å². The molecule has 1 fully saturated rings. The number of hydrogen-bond donors (Lipinski definition) is 4. The molecular weight excluding hydrogens is 440 g/mol. The maximum absolute atomic E-state index is 13.1. The quantitative estimate of drug-likeness (QED) is 0.426. The first-order valence-corrected chi connectivity index (χ1v) is 12.1. The lowest BCUT2D eigenvalue weighted by Crippen LogP contribution is -2.39. The summed E-state index contributed by atoms with van der Waals surface area (Å²) < 4.78 is 27.6. The molecule has 3 aromatic rings. The van der Waals surface area contributed by atoms with Crippen molar-refractivity contribution >= 4 is 27.3 Å². The van der Waals surface area contributed by atoms with Crippen LogP contribution in [0.5, 0.6) is 5.75 Å². The van der Waals surface area contributed by atoms with Crippen molar-refractivity contribution in [1.82, 2.24) is 10.9 Å². The number of nitrogens with zero attached hydrogens (tertiary/aromatic N) is 1. The first kappa shape index (κ1) is 22.8. The number of hydrazine groups is 1. The summed E-state index contributed by atoms with van der Waals surface area (Å²) in [6.45, 7) is 2.08. The second kappa shape index (κ2) is 9.62. The van der Waals surface area contributed by atoms with Gasteiger partial charge in [-0.2, -0.15) is 0 Å². The lowest BCUT2D eigenvalue weighted by Gasteiger charge is -2.23. The fraction of sp³-hybridized carbons (Fsp3) is 0.208. The third-order valence-electron chi connectivity index (χ3n) is 5.57. The van der Waals surface area contributed by atoms with Crippen LogP contribution >= 0.6 is 0 Å². The van der Waals surface area contributed by atoms with Crippen molar-refractivity contribution in [3.05, 3.63) is 84.4 Å². The van der Waals surface area contributed by atoms with E-state index in [0.29, 0.717) is 29.9 Å². The van der Waals surface area contributed by atoms with E-state index in [1.807, 2.05) is 18.2 Å². The average molecular weight is 467 g/mol. The minimum Gasteiger partial charge on any atom is -0.508 e. The first-order valence-electron chi connectivity index (χ1n) is 10.7. The molecule has 0 radical (unpaired) electrons. The van der Waals surface area contributed by atoms with E-state index < -0.39 is 16.1 Å². The molecule has 1 aliphatic rings. The number of amides is 1. The fourth-order valence-corrected chi connectivity index (χ4v) is 5.34. The van der Waals surface area contributed by atoms with E-state index in [4.69, 9.17) is 0 Å². The highest BCUT2D eigenvalue weighted by Crippen LogP contribution is 2.29. The minimum atomic E-state index is -3.73. The zero-order valence-electron chi connectivity index (χ0n) is 18.1. The molecule has 1 aliphatic heterocycles. The topological polar surface area (TPSA) is 111 Å². The number of hydrogen-bond acceptors (Lipinski definition) is 6. The third-order valence-corrected chi connectivity index (χ3v) is 7.49. The van der Waals surface area contributed by atoms with Crippen molar-refractivity contribution in [2.45, 2.75) is 30.3 Å². The largest absolute Gasteiger partial charge is 0.508 e. The molecule has 8 nitrogen and oxygen atoms in total. The Labute approximate surface area is 193 Å². The Balaban J connectivity index is 1.42. The van der Waals surface area contributed by atoms with E-state index in [1.54, 1.807) is 55.5 Å². The van der Waals surface area contributed by atoms with E-state index in [1.165, 1.54) is 16.4 Å². The molecule has 2 atom stereocenters. The number of rotatable bonds is 7. The number of para-hydroxylation sites is 2. The van der Waals surface area contributed by atoms with Gasteiger partial charge in [0.15, 0.2) is 0 Å². The summed E-state index contributed by atoms with van der Waals surface area (Å²) in [4.78, 5) is 12.8. The van der Waals surface area contributed by atoms with Gasteiger partial charge in [0.05, 0.1) is 16.6 Å². The molecular formula is C24H26N4O4S. The van der Waals surface area contributed by atoms with Crippen molar-refractivity contribution in [3.63, 3.8) is 0 Å². The Kier molecular flexibility index (Phi) is 6.64. The molecule has 0 spiro atoms. The van der Waals surface area contributed by atoms with Crippen molar-refractivity contribution in [1.29, 1.82) is 0 Å². The van der Waals surface area contributed by atoms with Crippen LogP contribution in [-0.4, -0.2) is 32.0 Å². The van der Waals surface area contributed by atoms with Crippen LogP contribution in [0.4, 0.5) is 11.4 Å². The SMILES string of the molecule is CCN(c1ccccc1)S(=O)(=O)c1ccc(NC(=O)C2CC(c3ccccc3O)NN2)cc1. The van der Waals surface area contributed by atoms with Crippen LogP contribution < -0.4 is 20.5 Å². The monoisotopic (exact) mass is 466 g/mol. The van der Waals surface area contributed by atoms with Crippen LogP contribution in [0.3, 0.4) is 0 Å². The Morgan fingerprint density at radius 2 is 1.67 bits per heavy atom. The van der Waals surface area contributed by atoms with Crippen molar-refractivity contribution in [3.8, 4) is 5.75 Å². The molecule has 172 valence electrons. The van der Waals surface area contributed by atoms with Crippen LogP contribution in [0.2, 0.25) is 0 Å². The summed E-state index contributed by atoms with van der Waals surface area (Å²) in [5, 5.41) is 12.8. The highest BCUT2D eigenvalue weighted by molar-refractivity contribution is 7.92. The predicted octanol–water partition coefficient (Wildman–Crippen LogP) is 3.15. The molecule has 0 aliphatic carbocycles. The Bertz CT molecular complexity index is 1220. The van der Waals surface area contributed by atoms with E-state index in [2.05, 4.69) is 16.2 Å². The van der Waals surface area contributed by atoms with Gasteiger partial charge in [0.1, 0.15) is 11.8 Å². The molecule has 0 aromatic heterocycles. The number of carbonyl (C=O) groups excluding carboxylic acids is 1. The van der Waals surface area contributed by atoms with Gasteiger partial charge in [0, 0.05) is 17.8 Å². The van der Waals surface area contributed by atoms with Gasteiger partial charge >= 0.3 is 0 Å². The van der Waals surface area contributed by atoms with Crippen LogP contribution in [-0.2, 0) is 14.8 Å². The lowest BCUT2D eigenvalue weighted by atomic mass is 10.0. The molecule has 1 saturated heterocycles. The summed E-state index contributed by atoms with van der Waals surface area (Å²) in [6.07, 6.45) is 0.457. The number of nitrogens with one attached hydrogen (secondary N) is 3. The van der Waals surface area contributed by atoms with E-state index in [-0.39, 0.29) is 22.6 Å². The molecule has 4 N–H and O–H groups in total. The van der Waals surface area contributed by atoms with Crippen LogP contribution in [0.15, 0.2) is 83.8 Å². The maximum atomic E-state index is 13.1. The third kappa shape index (κ3) is 4.85. The second-order valence-corrected chi connectivity index (χ2v) is 9.57. The van der Waals surface area contributed by atoms with Gasteiger partial charge in [0.2, 0.25) is 5.91 Å². The highest BCUT2D eigenvalue weighted by atomic mass is 32.2. The Morgan fingerprint density at radius 3 is 2.33 bits per heavy atom. The van der Waals surface area contributed by atoms with Crippen LogP contribution in [0.25, 0.3) is 0 Å². The molecule has 0 saturated carbocycles. The van der Waals surface area contributed by atoms with Gasteiger partial charge in [0.25, 0.3) is 10.0 Å². The van der Waals surface area contributed by atoms with Crippen LogP contribution in [0.1, 0.15) is 24.9 Å². The summed E-state index contributed by atoms with van der Waals surface area (Å²) in [6, 6.07) is 21.3. The number of phenolic OH excluding ortho intramolecular Hbond substituents is 1. The number of sulfonamides is 1. The van der Waals surface area contributed by atoms with Crippen molar-refractivity contribution in [2.75, 3.05) is 16.2 Å². The van der Waals surface area contributed by atoms with E-state index in [0.717, 1.165) is 0 Å². The molecule has 9 heteroatoms. The number of anilines is 2. The first-order chi connectivity index (χ1) is 15.9. The van der Waals surface area contributed by atoms with Crippen molar-refractivity contribution < 1.29 is 18.3 Å². The van der Waals surface area contributed by atoms with Crippen LogP contribution in [0, 0.1) is 0 Å². The number of carbonyl (C=O) groups is 1. The zero-order valence-corrected chi connectivity index (χ0v) is 18.9. The normalized spacial score (nSPS) is 18.1. The number of benzene rings is 3. The summed E-state index contributed by atoms with van der Waals surface area (Å²) in [5.74, 6) is -0.0817. The van der Waals surface area contributed by atoms with Gasteiger partial charge in [-0.25, -0.2) is 19.3 Å². The van der Waals surface area contributed by atoms with Gasteiger partial charge in [-0.15, -0.1) is 0 Å². The maximum Gasteiger partial charge on any atom is 0.264 e. The lowest BCUT2D eigenvalue weighted by molar-refractivity contribution is -0.117. The molecule has 4 rings (SSSR count). The molecule has 0 bridgehead atoms. The summed E-state index contributed by atoms with van der Waals surface area (Å²) in [5.41, 5.74) is 7.80. The fourth-order valence-electron chi connectivity index (χ4n) is 3.87. The zero-order chi connectivity index (χ0) is 23.4. The molecule has 2 unspecified atom stereocenters. The standard InChI is InChI=1S/C24H26N4O4S/c1-2-28(18-8-4-3-5-9-18)33(31,32)19-14-12-17(13-15-19)25-24(30)22-16-21(26-27-22)20-10-6-7-11-23(20)29/h3-15,21-22,26-27,29H,2,16H2,1H3,(H,25,30). The van der Waals surface area contributed by atoms with Crippen molar-refractivity contribution in [2.24, 2.45) is 0 Å². The Morgan fingerprint density at radius 1 is 1.00 bits per heavy atom. The summed E-state index contributed by atoms with van der Waals surface area (Å²) >= 11 is 0. The van der Waals surface area contributed by atoms with Gasteiger partial charge in [-0.05, 0) is 55.8 Å². The number of aromatic hydroxyl groups is 1. The minimum absolute atomic E-state index is 0.145. The summed E-state index contributed by atoms with van der Waals surface area (Å²) in [7, 11) is -3.73.